The van der Waals surface area contributed by atoms with Gasteiger partial charge in [0.1, 0.15) is 11.5 Å². The summed E-state index contributed by atoms with van der Waals surface area (Å²) in [5, 5.41) is 0. The van der Waals surface area contributed by atoms with E-state index in [-0.39, 0.29) is 6.23 Å². The Morgan fingerprint density at radius 1 is 1.04 bits per heavy atom. The largest absolute Gasteiger partial charge is 0.539 e. The molecule has 0 saturated heterocycles. The average molecular weight is 354 g/mol. The average Bonchev–Trinajstić information content (AvgIpc) is 2.64. The summed E-state index contributed by atoms with van der Waals surface area (Å²) in [6, 6.07) is 5.81. The molecule has 1 aliphatic heterocycles. The van der Waals surface area contributed by atoms with Gasteiger partial charge in [-0.1, -0.05) is 6.42 Å². The molecule has 1 aliphatic carbocycles. The summed E-state index contributed by atoms with van der Waals surface area (Å²) < 4.78 is 34.2. The van der Waals surface area contributed by atoms with Crippen molar-refractivity contribution in [2.45, 2.75) is 44.5 Å². The highest BCUT2D eigenvalue weighted by Crippen LogP contribution is 2.41. The SMILES string of the molecule is CO[Si](COc1ccc2c(c1)COC1(CCCCC1)O2)(OC)OC. The fourth-order valence-electron chi connectivity index (χ4n) is 3.23. The molecule has 0 bridgehead atoms. The fourth-order valence-corrected chi connectivity index (χ4v) is 4.43. The zero-order valence-electron chi connectivity index (χ0n) is 14.6. The van der Waals surface area contributed by atoms with Gasteiger partial charge in [0.2, 0.25) is 5.79 Å². The highest BCUT2D eigenvalue weighted by molar-refractivity contribution is 6.60. The van der Waals surface area contributed by atoms with Crippen LogP contribution < -0.4 is 9.47 Å². The van der Waals surface area contributed by atoms with Crippen LogP contribution in [0.1, 0.15) is 37.7 Å². The third-order valence-corrected chi connectivity index (χ3v) is 7.15. The van der Waals surface area contributed by atoms with E-state index < -0.39 is 14.6 Å². The van der Waals surface area contributed by atoms with Crippen LogP contribution in [0.3, 0.4) is 0 Å². The van der Waals surface area contributed by atoms with E-state index >= 15 is 0 Å². The Morgan fingerprint density at radius 2 is 1.75 bits per heavy atom. The highest BCUT2D eigenvalue weighted by atomic mass is 28.4. The molecule has 1 fully saturated rings. The number of hydrogen-bond acceptors (Lipinski definition) is 6. The lowest BCUT2D eigenvalue weighted by Gasteiger charge is -2.41. The Balaban J connectivity index is 1.67. The normalized spacial score (nSPS) is 19.6. The number of benzene rings is 1. The van der Waals surface area contributed by atoms with Crippen molar-refractivity contribution < 1.29 is 27.5 Å². The topological polar surface area (TPSA) is 55.4 Å². The van der Waals surface area contributed by atoms with Crippen molar-refractivity contribution in [3.8, 4) is 11.5 Å². The second kappa shape index (κ2) is 7.41. The molecule has 1 spiro atoms. The molecule has 7 heteroatoms. The van der Waals surface area contributed by atoms with Gasteiger partial charge in [0, 0.05) is 39.7 Å². The molecule has 24 heavy (non-hydrogen) atoms. The summed E-state index contributed by atoms with van der Waals surface area (Å²) in [6.07, 6.45) is 5.77. The summed E-state index contributed by atoms with van der Waals surface area (Å²) in [4.78, 5) is 0. The van der Waals surface area contributed by atoms with Gasteiger partial charge in [-0.2, -0.15) is 0 Å². The minimum atomic E-state index is -2.75. The summed E-state index contributed by atoms with van der Waals surface area (Å²) in [5.41, 5.74) is 1.00. The van der Waals surface area contributed by atoms with E-state index in [0.717, 1.165) is 42.7 Å². The lowest BCUT2D eigenvalue weighted by atomic mass is 9.93. The van der Waals surface area contributed by atoms with Gasteiger partial charge >= 0.3 is 8.80 Å². The Labute approximate surface area is 144 Å². The van der Waals surface area contributed by atoms with Crippen molar-refractivity contribution in [2.24, 2.45) is 0 Å². The van der Waals surface area contributed by atoms with Crippen molar-refractivity contribution >= 4 is 8.80 Å². The van der Waals surface area contributed by atoms with E-state index in [9.17, 15) is 0 Å². The second-order valence-corrected chi connectivity index (χ2v) is 9.10. The number of fused-ring (bicyclic) bond motifs is 1. The fraction of sp³-hybridized carbons (Fsp3) is 0.647. The number of ether oxygens (including phenoxy) is 3. The molecule has 1 heterocycles. The van der Waals surface area contributed by atoms with Crippen LogP contribution in [0.2, 0.25) is 0 Å². The third-order valence-electron chi connectivity index (χ3n) is 4.78. The molecule has 0 aromatic heterocycles. The van der Waals surface area contributed by atoms with Crippen LogP contribution in [0.15, 0.2) is 18.2 Å². The first-order chi connectivity index (χ1) is 11.6. The summed E-state index contributed by atoms with van der Waals surface area (Å²) >= 11 is 0. The second-order valence-electron chi connectivity index (χ2n) is 6.22. The predicted molar refractivity (Wildman–Crippen MR) is 90.0 cm³/mol. The Hall–Kier alpha value is -1.12. The lowest BCUT2D eigenvalue weighted by Crippen LogP contribution is -2.49. The van der Waals surface area contributed by atoms with Crippen molar-refractivity contribution in [1.82, 2.24) is 0 Å². The van der Waals surface area contributed by atoms with Gasteiger partial charge in [-0.05, 0) is 31.0 Å². The van der Waals surface area contributed by atoms with Gasteiger partial charge in [-0.15, -0.1) is 0 Å². The Bertz CT molecular complexity index is 546. The van der Waals surface area contributed by atoms with E-state index in [1.807, 2.05) is 18.2 Å². The summed E-state index contributed by atoms with van der Waals surface area (Å²) in [7, 11) is 1.96. The van der Waals surface area contributed by atoms with E-state index in [0.29, 0.717) is 6.61 Å². The smallest absolute Gasteiger partial charge is 0.489 e. The molecule has 1 saturated carbocycles. The van der Waals surface area contributed by atoms with Gasteiger partial charge in [0.15, 0.2) is 6.23 Å². The maximum atomic E-state index is 6.18. The van der Waals surface area contributed by atoms with Crippen LogP contribution in [0.5, 0.6) is 11.5 Å². The molecule has 3 rings (SSSR count). The molecule has 0 amide bonds. The molecular formula is C17H26O6Si. The molecule has 6 nitrogen and oxygen atoms in total. The summed E-state index contributed by atoms with van der Waals surface area (Å²) in [5.74, 6) is 1.20. The van der Waals surface area contributed by atoms with Gasteiger partial charge in [0.25, 0.3) is 0 Å². The van der Waals surface area contributed by atoms with Crippen LogP contribution >= 0.6 is 0 Å². The molecular weight excluding hydrogens is 328 g/mol. The van der Waals surface area contributed by atoms with Crippen LogP contribution in [0.25, 0.3) is 0 Å². The first-order valence-corrected chi connectivity index (χ1v) is 10.3. The highest BCUT2D eigenvalue weighted by Gasteiger charge is 2.40. The van der Waals surface area contributed by atoms with Crippen LogP contribution in [-0.2, 0) is 24.6 Å². The lowest BCUT2D eigenvalue weighted by molar-refractivity contribution is -0.222. The molecule has 1 aromatic carbocycles. The van der Waals surface area contributed by atoms with Crippen molar-refractivity contribution in [3.63, 3.8) is 0 Å². The van der Waals surface area contributed by atoms with Crippen LogP contribution in [0.4, 0.5) is 0 Å². The van der Waals surface area contributed by atoms with E-state index in [1.165, 1.54) is 6.42 Å². The van der Waals surface area contributed by atoms with E-state index in [1.54, 1.807) is 21.3 Å². The molecule has 134 valence electrons. The van der Waals surface area contributed by atoms with Crippen LogP contribution in [-0.4, -0.2) is 42.2 Å². The first kappa shape index (κ1) is 17.7. The first-order valence-electron chi connectivity index (χ1n) is 8.38. The van der Waals surface area contributed by atoms with Crippen LogP contribution in [0, 0.1) is 0 Å². The maximum absolute atomic E-state index is 6.18. The Morgan fingerprint density at radius 3 is 2.42 bits per heavy atom. The van der Waals surface area contributed by atoms with Gasteiger partial charge in [-0.3, -0.25) is 0 Å². The zero-order valence-corrected chi connectivity index (χ0v) is 15.6. The number of hydrogen-bond donors (Lipinski definition) is 0. The molecule has 1 aromatic rings. The molecule has 0 N–H and O–H groups in total. The Kier molecular flexibility index (Phi) is 5.46. The monoisotopic (exact) mass is 354 g/mol. The molecule has 0 atom stereocenters. The summed E-state index contributed by atoms with van der Waals surface area (Å²) in [6.45, 7) is 0.550. The number of rotatable bonds is 6. The zero-order chi connectivity index (χ0) is 17.0. The van der Waals surface area contributed by atoms with Crippen molar-refractivity contribution in [2.75, 3.05) is 27.6 Å². The molecule has 0 unspecified atom stereocenters. The predicted octanol–water partition coefficient (Wildman–Crippen LogP) is 3.05. The molecule has 2 aliphatic rings. The minimum absolute atomic E-state index is 0.251. The van der Waals surface area contributed by atoms with Crippen molar-refractivity contribution in [1.29, 1.82) is 0 Å². The van der Waals surface area contributed by atoms with Gasteiger partial charge in [-0.25, -0.2) is 0 Å². The minimum Gasteiger partial charge on any atom is -0.489 e. The van der Waals surface area contributed by atoms with E-state index in [2.05, 4.69) is 0 Å². The quantitative estimate of drug-likeness (QED) is 0.732. The third kappa shape index (κ3) is 3.60. The van der Waals surface area contributed by atoms with E-state index in [4.69, 9.17) is 27.5 Å². The standard InChI is InChI=1S/C17H26O6Si/c1-18-24(19-2,20-3)13-21-15-7-8-16-14(11-15)12-22-17(23-16)9-5-4-6-10-17/h7-8,11H,4-6,9-10,12-13H2,1-3H3. The van der Waals surface area contributed by atoms with Gasteiger partial charge < -0.3 is 27.5 Å². The van der Waals surface area contributed by atoms with Gasteiger partial charge in [0.05, 0.1) is 6.61 Å². The van der Waals surface area contributed by atoms with Crippen molar-refractivity contribution in [3.05, 3.63) is 23.8 Å². The maximum Gasteiger partial charge on any atom is 0.539 e. The molecule has 0 radical (unpaired) electrons.